The minimum atomic E-state index is -0.774. The Hall–Kier alpha value is -1.95. The van der Waals surface area contributed by atoms with Gasteiger partial charge in [-0.05, 0) is 37.0 Å². The molecular weight excluding hydrogens is 274 g/mol. The van der Waals surface area contributed by atoms with Gasteiger partial charge in [0.2, 0.25) is 0 Å². The molecule has 2 aromatic heterocycles. The molecule has 0 spiro atoms. The van der Waals surface area contributed by atoms with E-state index in [1.54, 1.807) is 17.5 Å². The normalized spacial score (nSPS) is 16.9. The lowest BCUT2D eigenvalue weighted by molar-refractivity contribution is -0.138. The Morgan fingerprint density at radius 3 is 3.20 bits per heavy atom. The number of fused-ring (bicyclic) bond motifs is 1. The third-order valence-corrected chi connectivity index (χ3v) is 4.68. The van der Waals surface area contributed by atoms with Gasteiger partial charge in [0.05, 0.1) is 5.69 Å². The van der Waals surface area contributed by atoms with Crippen LogP contribution in [0.4, 0.5) is 5.13 Å². The molecule has 0 amide bonds. The Morgan fingerprint density at radius 2 is 2.45 bits per heavy atom. The van der Waals surface area contributed by atoms with Gasteiger partial charge in [-0.25, -0.2) is 4.98 Å². The first-order chi connectivity index (χ1) is 9.65. The average molecular weight is 289 g/mol. The molecule has 0 aromatic carbocycles. The summed E-state index contributed by atoms with van der Waals surface area (Å²) in [6.45, 7) is 2.70. The summed E-state index contributed by atoms with van der Waals surface area (Å²) in [5, 5.41) is 13.2. The quantitative estimate of drug-likeness (QED) is 0.904. The van der Waals surface area contributed by atoms with E-state index in [1.165, 1.54) is 5.56 Å². The first-order valence-corrected chi connectivity index (χ1v) is 7.32. The van der Waals surface area contributed by atoms with Crippen LogP contribution in [0, 0.1) is 6.92 Å². The van der Waals surface area contributed by atoms with E-state index in [1.807, 2.05) is 19.2 Å². The molecule has 0 fully saturated rings. The second-order valence-corrected chi connectivity index (χ2v) is 6.00. The highest BCUT2D eigenvalue weighted by Crippen LogP contribution is 2.38. The molecule has 5 nitrogen and oxygen atoms in total. The van der Waals surface area contributed by atoms with E-state index >= 15 is 0 Å². The molecule has 0 saturated carbocycles. The summed E-state index contributed by atoms with van der Waals surface area (Å²) in [6.07, 6.45) is 5.10. The second kappa shape index (κ2) is 5.20. The molecule has 2 heterocycles. The van der Waals surface area contributed by atoms with Crippen LogP contribution in [0.25, 0.3) is 0 Å². The average Bonchev–Trinajstić information content (AvgIpc) is 2.96. The van der Waals surface area contributed by atoms with E-state index in [2.05, 4.69) is 15.3 Å². The van der Waals surface area contributed by atoms with Crippen molar-refractivity contribution in [2.45, 2.75) is 32.2 Å². The number of hydrogen-bond donors (Lipinski definition) is 2. The fourth-order valence-corrected chi connectivity index (χ4v) is 3.43. The van der Waals surface area contributed by atoms with Gasteiger partial charge in [0.25, 0.3) is 0 Å². The lowest BCUT2D eigenvalue weighted by atomic mass is 10.1. The summed E-state index contributed by atoms with van der Waals surface area (Å²) in [5.41, 5.74) is 3.05. The summed E-state index contributed by atoms with van der Waals surface area (Å²) < 4.78 is 0. The standard InChI is InChI=1S/C14H15N3O2S/c1-8-4-5-15-6-9(8)7-16-14-17-12-10(13(18)19)2-3-11(12)20-14/h4-6,10H,2-3,7H2,1H3,(H,16,17)(H,18,19). The minimum absolute atomic E-state index is 0.433. The number of carbonyl (C=O) groups is 1. The van der Waals surface area contributed by atoms with Crippen LogP contribution in [0.3, 0.4) is 0 Å². The number of anilines is 1. The van der Waals surface area contributed by atoms with Gasteiger partial charge < -0.3 is 10.4 Å². The maximum atomic E-state index is 11.1. The monoisotopic (exact) mass is 289 g/mol. The number of rotatable bonds is 4. The molecule has 0 saturated heterocycles. The Bertz CT molecular complexity index is 654. The number of carboxylic acids is 1. The van der Waals surface area contributed by atoms with Gasteiger partial charge in [0.15, 0.2) is 5.13 Å². The molecular formula is C14H15N3O2S. The van der Waals surface area contributed by atoms with Crippen molar-refractivity contribution in [1.82, 2.24) is 9.97 Å². The lowest BCUT2D eigenvalue weighted by Crippen LogP contribution is -2.09. The van der Waals surface area contributed by atoms with Crippen LogP contribution in [-0.4, -0.2) is 21.0 Å². The number of hydrogen-bond acceptors (Lipinski definition) is 5. The van der Waals surface area contributed by atoms with Crippen LogP contribution in [-0.2, 0) is 17.8 Å². The van der Waals surface area contributed by atoms with Crippen molar-refractivity contribution in [2.75, 3.05) is 5.32 Å². The Balaban J connectivity index is 1.73. The summed E-state index contributed by atoms with van der Waals surface area (Å²) in [6, 6.07) is 1.97. The van der Waals surface area contributed by atoms with Crippen molar-refractivity contribution >= 4 is 22.4 Å². The summed E-state index contributed by atoms with van der Waals surface area (Å²) in [5.74, 6) is -1.21. The molecule has 0 aliphatic heterocycles. The van der Waals surface area contributed by atoms with Gasteiger partial charge in [-0.15, -0.1) is 11.3 Å². The maximum absolute atomic E-state index is 11.1. The first kappa shape index (κ1) is 13.1. The molecule has 1 unspecified atom stereocenters. The molecule has 0 radical (unpaired) electrons. The third kappa shape index (κ3) is 2.38. The fourth-order valence-electron chi connectivity index (χ4n) is 2.40. The van der Waals surface area contributed by atoms with Gasteiger partial charge in [-0.3, -0.25) is 9.78 Å². The zero-order chi connectivity index (χ0) is 14.1. The number of aromatic nitrogens is 2. The predicted octanol–water partition coefficient (Wildman–Crippen LogP) is 2.57. The van der Waals surface area contributed by atoms with Crippen molar-refractivity contribution in [2.24, 2.45) is 0 Å². The van der Waals surface area contributed by atoms with Gasteiger partial charge in [-0.2, -0.15) is 0 Å². The highest BCUT2D eigenvalue weighted by molar-refractivity contribution is 7.15. The van der Waals surface area contributed by atoms with Gasteiger partial charge >= 0.3 is 5.97 Å². The van der Waals surface area contributed by atoms with E-state index < -0.39 is 11.9 Å². The molecule has 20 heavy (non-hydrogen) atoms. The van der Waals surface area contributed by atoms with Gasteiger partial charge in [0.1, 0.15) is 5.92 Å². The Labute approximate surface area is 120 Å². The summed E-state index contributed by atoms with van der Waals surface area (Å²) >= 11 is 1.56. The molecule has 1 aliphatic carbocycles. The number of pyridine rings is 1. The SMILES string of the molecule is Cc1ccncc1CNc1nc2c(s1)CCC2C(=O)O. The third-order valence-electron chi connectivity index (χ3n) is 3.59. The highest BCUT2D eigenvalue weighted by Gasteiger charge is 2.32. The predicted molar refractivity (Wildman–Crippen MR) is 77.1 cm³/mol. The number of nitrogens with zero attached hydrogens (tertiary/aromatic N) is 2. The van der Waals surface area contributed by atoms with Gasteiger partial charge in [-0.1, -0.05) is 0 Å². The molecule has 1 atom stereocenters. The lowest BCUT2D eigenvalue weighted by Gasteiger charge is -2.06. The van der Waals surface area contributed by atoms with Crippen LogP contribution in [0.15, 0.2) is 18.5 Å². The van der Waals surface area contributed by atoms with Gasteiger partial charge in [0, 0.05) is 23.8 Å². The number of aliphatic carboxylic acids is 1. The Morgan fingerprint density at radius 1 is 1.60 bits per heavy atom. The fraction of sp³-hybridized carbons (Fsp3) is 0.357. The number of thiazole rings is 1. The summed E-state index contributed by atoms with van der Waals surface area (Å²) in [7, 11) is 0. The van der Waals surface area contributed by atoms with E-state index in [4.69, 9.17) is 5.11 Å². The number of aryl methyl sites for hydroxylation is 2. The van der Waals surface area contributed by atoms with Crippen LogP contribution >= 0.6 is 11.3 Å². The van der Waals surface area contributed by atoms with Crippen LogP contribution in [0.1, 0.15) is 34.0 Å². The molecule has 104 valence electrons. The number of nitrogens with one attached hydrogen (secondary N) is 1. The molecule has 6 heteroatoms. The highest BCUT2D eigenvalue weighted by atomic mass is 32.1. The van der Waals surface area contributed by atoms with Crippen molar-refractivity contribution < 1.29 is 9.90 Å². The van der Waals surface area contributed by atoms with Crippen molar-refractivity contribution in [3.8, 4) is 0 Å². The minimum Gasteiger partial charge on any atom is -0.481 e. The first-order valence-electron chi connectivity index (χ1n) is 6.51. The largest absolute Gasteiger partial charge is 0.481 e. The second-order valence-electron chi connectivity index (χ2n) is 4.91. The van der Waals surface area contributed by atoms with Crippen LogP contribution in [0.2, 0.25) is 0 Å². The Kier molecular flexibility index (Phi) is 3.40. The number of carboxylic acid groups (broad SMARTS) is 1. The summed E-state index contributed by atoms with van der Waals surface area (Å²) in [4.78, 5) is 20.8. The van der Waals surface area contributed by atoms with E-state index in [0.717, 1.165) is 27.7 Å². The maximum Gasteiger partial charge on any atom is 0.312 e. The van der Waals surface area contributed by atoms with E-state index in [9.17, 15) is 4.79 Å². The molecule has 3 rings (SSSR count). The molecule has 2 aromatic rings. The smallest absolute Gasteiger partial charge is 0.312 e. The molecule has 0 bridgehead atoms. The van der Waals surface area contributed by atoms with E-state index in [0.29, 0.717) is 13.0 Å². The van der Waals surface area contributed by atoms with Crippen LogP contribution in [0.5, 0.6) is 0 Å². The topological polar surface area (TPSA) is 75.1 Å². The molecule has 2 N–H and O–H groups in total. The zero-order valence-corrected chi connectivity index (χ0v) is 11.9. The zero-order valence-electron chi connectivity index (χ0n) is 11.1. The van der Waals surface area contributed by atoms with Crippen molar-refractivity contribution in [3.05, 3.63) is 40.2 Å². The van der Waals surface area contributed by atoms with Crippen molar-refractivity contribution in [3.63, 3.8) is 0 Å². The van der Waals surface area contributed by atoms with Crippen molar-refractivity contribution in [1.29, 1.82) is 0 Å². The van der Waals surface area contributed by atoms with E-state index in [-0.39, 0.29) is 0 Å². The van der Waals surface area contributed by atoms with Crippen LogP contribution < -0.4 is 5.32 Å². The molecule has 1 aliphatic rings.